The molecule has 0 aromatic carbocycles. The van der Waals surface area contributed by atoms with Crippen LogP contribution in [-0.2, 0) is 13.0 Å². The van der Waals surface area contributed by atoms with Gasteiger partial charge in [-0.2, -0.15) is 0 Å². The third-order valence-corrected chi connectivity index (χ3v) is 3.28. The Bertz CT molecular complexity index is 487. The zero-order valence-electron chi connectivity index (χ0n) is 11.3. The average Bonchev–Trinajstić information content (AvgIpc) is 2.96. The van der Waals surface area contributed by atoms with Crippen molar-refractivity contribution < 1.29 is 4.42 Å². The smallest absolute Gasteiger partial charge is 0.110 e. The van der Waals surface area contributed by atoms with Gasteiger partial charge in [0.05, 0.1) is 6.26 Å². The second-order valence-corrected chi connectivity index (χ2v) is 4.51. The Balaban J connectivity index is 2.15. The van der Waals surface area contributed by atoms with E-state index in [9.17, 15) is 0 Å². The SMILES string of the molecule is CCCn1ccnc1CC(NC)c1ccoc1C. The second kappa shape index (κ2) is 5.87. The Hall–Kier alpha value is -1.55. The van der Waals surface area contributed by atoms with Gasteiger partial charge >= 0.3 is 0 Å². The van der Waals surface area contributed by atoms with Crippen LogP contribution in [0.2, 0.25) is 0 Å². The van der Waals surface area contributed by atoms with Crippen molar-refractivity contribution in [1.29, 1.82) is 0 Å². The van der Waals surface area contributed by atoms with Gasteiger partial charge in [-0.05, 0) is 26.5 Å². The molecule has 1 atom stereocenters. The van der Waals surface area contributed by atoms with Gasteiger partial charge in [0.2, 0.25) is 0 Å². The number of aryl methyl sites for hydroxylation is 2. The summed E-state index contributed by atoms with van der Waals surface area (Å²) in [5.41, 5.74) is 1.21. The van der Waals surface area contributed by atoms with Crippen molar-refractivity contribution in [2.45, 2.75) is 39.3 Å². The van der Waals surface area contributed by atoms with E-state index in [0.717, 1.165) is 31.0 Å². The molecule has 0 aliphatic heterocycles. The van der Waals surface area contributed by atoms with Crippen LogP contribution < -0.4 is 5.32 Å². The number of hydrogen-bond acceptors (Lipinski definition) is 3. The number of hydrogen-bond donors (Lipinski definition) is 1. The lowest BCUT2D eigenvalue weighted by molar-refractivity contribution is 0.502. The van der Waals surface area contributed by atoms with Gasteiger partial charge in [-0.25, -0.2) is 4.98 Å². The first-order valence-electron chi connectivity index (χ1n) is 6.47. The molecule has 0 fully saturated rings. The highest BCUT2D eigenvalue weighted by Gasteiger charge is 2.16. The molecule has 2 aromatic rings. The van der Waals surface area contributed by atoms with Crippen LogP contribution in [0.5, 0.6) is 0 Å². The molecule has 0 saturated carbocycles. The lowest BCUT2D eigenvalue weighted by Gasteiger charge is -2.16. The first-order valence-corrected chi connectivity index (χ1v) is 6.47. The van der Waals surface area contributed by atoms with Gasteiger partial charge < -0.3 is 14.3 Å². The summed E-state index contributed by atoms with van der Waals surface area (Å²) in [5, 5.41) is 3.34. The predicted molar refractivity (Wildman–Crippen MR) is 71.5 cm³/mol. The molecule has 1 N–H and O–H groups in total. The molecule has 2 rings (SSSR count). The minimum absolute atomic E-state index is 0.252. The Morgan fingerprint density at radius 1 is 1.50 bits per heavy atom. The van der Waals surface area contributed by atoms with Crippen molar-refractivity contribution in [3.05, 3.63) is 41.9 Å². The Labute approximate surface area is 108 Å². The molecule has 18 heavy (non-hydrogen) atoms. The average molecular weight is 247 g/mol. The van der Waals surface area contributed by atoms with E-state index >= 15 is 0 Å². The Morgan fingerprint density at radius 3 is 2.94 bits per heavy atom. The maximum Gasteiger partial charge on any atom is 0.110 e. The summed E-state index contributed by atoms with van der Waals surface area (Å²) in [6, 6.07) is 2.28. The molecular weight excluding hydrogens is 226 g/mol. The third kappa shape index (κ3) is 2.64. The van der Waals surface area contributed by atoms with Crippen molar-refractivity contribution in [3.63, 3.8) is 0 Å². The Kier molecular flexibility index (Phi) is 4.20. The van der Waals surface area contributed by atoms with E-state index in [0.29, 0.717) is 0 Å². The third-order valence-electron chi connectivity index (χ3n) is 3.28. The highest BCUT2D eigenvalue weighted by Crippen LogP contribution is 2.21. The minimum atomic E-state index is 0.252. The van der Waals surface area contributed by atoms with Gasteiger partial charge in [0, 0.05) is 37.0 Å². The van der Waals surface area contributed by atoms with Crippen molar-refractivity contribution in [3.8, 4) is 0 Å². The van der Waals surface area contributed by atoms with Crippen LogP contribution in [0.4, 0.5) is 0 Å². The number of likely N-dealkylation sites (N-methyl/N-ethyl adjacent to an activating group) is 1. The van der Waals surface area contributed by atoms with Gasteiger partial charge in [0.1, 0.15) is 11.6 Å². The van der Waals surface area contributed by atoms with Crippen LogP contribution in [0.3, 0.4) is 0 Å². The summed E-state index contributed by atoms with van der Waals surface area (Å²) >= 11 is 0. The fourth-order valence-corrected chi connectivity index (χ4v) is 2.28. The maximum absolute atomic E-state index is 5.38. The van der Waals surface area contributed by atoms with Crippen LogP contribution in [0, 0.1) is 6.92 Å². The van der Waals surface area contributed by atoms with Gasteiger partial charge in [-0.15, -0.1) is 0 Å². The van der Waals surface area contributed by atoms with Gasteiger partial charge in [-0.3, -0.25) is 0 Å². The van der Waals surface area contributed by atoms with Crippen molar-refractivity contribution >= 4 is 0 Å². The summed E-state index contributed by atoms with van der Waals surface area (Å²) in [6.45, 7) is 5.20. The lowest BCUT2D eigenvalue weighted by Crippen LogP contribution is -2.21. The van der Waals surface area contributed by atoms with Crippen LogP contribution in [0.1, 0.15) is 36.5 Å². The van der Waals surface area contributed by atoms with Gasteiger partial charge in [0.15, 0.2) is 0 Å². The fourth-order valence-electron chi connectivity index (χ4n) is 2.28. The number of aromatic nitrogens is 2. The molecule has 0 bridgehead atoms. The topological polar surface area (TPSA) is 43.0 Å². The fraction of sp³-hybridized carbons (Fsp3) is 0.500. The van der Waals surface area contributed by atoms with Gasteiger partial charge in [-0.1, -0.05) is 6.92 Å². The van der Waals surface area contributed by atoms with Crippen LogP contribution >= 0.6 is 0 Å². The molecule has 2 aromatic heterocycles. The maximum atomic E-state index is 5.38. The molecule has 4 heteroatoms. The van der Waals surface area contributed by atoms with E-state index in [1.165, 1.54) is 5.56 Å². The van der Waals surface area contributed by atoms with Crippen LogP contribution in [-0.4, -0.2) is 16.6 Å². The predicted octanol–water partition coefficient (Wildman–Crippen LogP) is 2.70. The van der Waals surface area contributed by atoms with Crippen LogP contribution in [0.25, 0.3) is 0 Å². The summed E-state index contributed by atoms with van der Waals surface area (Å²) < 4.78 is 7.60. The lowest BCUT2D eigenvalue weighted by atomic mass is 10.0. The minimum Gasteiger partial charge on any atom is -0.469 e. The van der Waals surface area contributed by atoms with Crippen molar-refractivity contribution in [2.24, 2.45) is 0 Å². The monoisotopic (exact) mass is 247 g/mol. The summed E-state index contributed by atoms with van der Waals surface area (Å²) in [6.07, 6.45) is 7.67. The second-order valence-electron chi connectivity index (χ2n) is 4.51. The number of rotatable bonds is 6. The van der Waals surface area contributed by atoms with Crippen LogP contribution in [0.15, 0.2) is 29.1 Å². The molecule has 98 valence electrons. The van der Waals surface area contributed by atoms with Crippen molar-refractivity contribution in [1.82, 2.24) is 14.9 Å². The van der Waals surface area contributed by atoms with E-state index in [4.69, 9.17) is 4.42 Å². The summed E-state index contributed by atoms with van der Waals surface area (Å²) in [7, 11) is 1.98. The number of nitrogens with zero attached hydrogens (tertiary/aromatic N) is 2. The van der Waals surface area contributed by atoms with E-state index in [1.54, 1.807) is 6.26 Å². The number of furan rings is 1. The molecule has 0 aliphatic carbocycles. The molecule has 0 radical (unpaired) electrons. The highest BCUT2D eigenvalue weighted by molar-refractivity contribution is 5.21. The van der Waals surface area contributed by atoms with E-state index < -0.39 is 0 Å². The molecular formula is C14H21N3O. The first kappa shape index (κ1) is 12.9. The highest BCUT2D eigenvalue weighted by atomic mass is 16.3. The molecule has 1 unspecified atom stereocenters. The van der Waals surface area contributed by atoms with Gasteiger partial charge in [0.25, 0.3) is 0 Å². The number of nitrogens with one attached hydrogen (secondary N) is 1. The normalized spacial score (nSPS) is 12.8. The van der Waals surface area contributed by atoms with E-state index in [-0.39, 0.29) is 6.04 Å². The quantitative estimate of drug-likeness (QED) is 0.853. The van der Waals surface area contributed by atoms with E-state index in [1.807, 2.05) is 32.4 Å². The molecule has 2 heterocycles. The summed E-state index contributed by atoms with van der Waals surface area (Å²) in [4.78, 5) is 4.45. The zero-order chi connectivity index (χ0) is 13.0. The molecule has 0 aliphatic rings. The first-order chi connectivity index (χ1) is 8.76. The van der Waals surface area contributed by atoms with Crippen molar-refractivity contribution in [2.75, 3.05) is 7.05 Å². The largest absolute Gasteiger partial charge is 0.469 e. The number of imidazole rings is 1. The molecule has 0 saturated heterocycles. The summed E-state index contributed by atoms with van der Waals surface area (Å²) in [5.74, 6) is 2.10. The van der Waals surface area contributed by atoms with E-state index in [2.05, 4.69) is 21.8 Å². The zero-order valence-corrected chi connectivity index (χ0v) is 11.3. The molecule has 0 spiro atoms. The molecule has 4 nitrogen and oxygen atoms in total. The molecule has 0 amide bonds. The Morgan fingerprint density at radius 2 is 2.33 bits per heavy atom. The standard InChI is InChI=1S/C14H21N3O/c1-4-7-17-8-6-16-14(17)10-13(15-3)12-5-9-18-11(12)2/h5-6,8-9,13,15H,4,7,10H2,1-3H3.